The summed E-state index contributed by atoms with van der Waals surface area (Å²) in [5.74, 6) is -0.560. The van der Waals surface area contributed by atoms with Crippen molar-refractivity contribution in [1.29, 1.82) is 0 Å². The average molecular weight is 1880 g/mol. The zero-order chi connectivity index (χ0) is 98.0. The zero-order valence-electron chi connectivity index (χ0n) is 80.2. The lowest BCUT2D eigenvalue weighted by molar-refractivity contribution is 0.419. The van der Waals surface area contributed by atoms with E-state index >= 15 is 0 Å². The molecule has 12 aromatic heterocycles. The Bertz CT molecular complexity index is 9270. The first-order chi connectivity index (χ1) is 70.5. The molecular formula is C127H98F3N13O. The Hall–Kier alpha value is -18.2. The highest BCUT2D eigenvalue weighted by Gasteiger charge is 2.27. The summed E-state index contributed by atoms with van der Waals surface area (Å²) >= 11 is 0. The van der Waals surface area contributed by atoms with Crippen LogP contribution in [0, 0.1) is 58.0 Å². The molecule has 2 aliphatic carbocycles. The summed E-state index contributed by atoms with van der Waals surface area (Å²) in [7, 11) is 1.69. The number of rotatable bonds is 8. The number of halogens is 3. The molecule has 0 fully saturated rings. The first-order valence-corrected chi connectivity index (χ1v) is 48.2. The first kappa shape index (κ1) is 90.9. The molecule has 25 aromatic rings. The van der Waals surface area contributed by atoms with Gasteiger partial charge in [-0.3, -0.25) is 9.98 Å². The smallest absolute Gasteiger partial charge is 0.159 e. The molecule has 3 aliphatic rings. The number of dihydropyridines is 1. The van der Waals surface area contributed by atoms with Crippen molar-refractivity contribution >= 4 is 142 Å². The van der Waals surface area contributed by atoms with Crippen LogP contribution in [0.4, 0.5) is 13.2 Å². The number of aliphatic imine (C=N–C) groups is 1. The number of aryl methyl sites for hydroxylation is 5. The van der Waals surface area contributed by atoms with Crippen LogP contribution in [0.15, 0.2) is 418 Å². The molecule has 698 valence electrons. The Kier molecular flexibility index (Phi) is 25.0. The molecule has 2 atom stereocenters. The monoisotopic (exact) mass is 1880 g/mol. The molecule has 0 spiro atoms. The van der Waals surface area contributed by atoms with Gasteiger partial charge in [-0.1, -0.05) is 254 Å². The number of aromatic amines is 6. The van der Waals surface area contributed by atoms with Gasteiger partial charge in [0.25, 0.3) is 0 Å². The molecule has 0 bridgehead atoms. The van der Waals surface area contributed by atoms with E-state index in [1.54, 1.807) is 13.2 Å². The molecule has 28 rings (SSSR count). The second kappa shape index (κ2) is 39.6. The lowest BCUT2D eigenvalue weighted by atomic mass is 9.85. The molecular weight excluding hydrogens is 1780 g/mol. The fourth-order valence-corrected chi connectivity index (χ4v) is 19.8. The minimum Gasteiger partial charge on any atom is -0.495 e. The van der Waals surface area contributed by atoms with Crippen LogP contribution in [-0.2, 0) is 6.42 Å². The highest BCUT2D eigenvalue weighted by molar-refractivity contribution is 6.17. The molecule has 0 saturated heterocycles. The number of allylic oxidation sites excluding steroid dienone is 4. The van der Waals surface area contributed by atoms with Crippen molar-refractivity contribution in [3.8, 4) is 61.9 Å². The van der Waals surface area contributed by atoms with Crippen LogP contribution in [0.25, 0.3) is 193 Å². The summed E-state index contributed by atoms with van der Waals surface area (Å²) in [5.41, 5.74) is 35.7. The zero-order valence-corrected chi connectivity index (χ0v) is 80.2. The maximum Gasteiger partial charge on any atom is 0.159 e. The van der Waals surface area contributed by atoms with Crippen LogP contribution in [0.1, 0.15) is 57.1 Å². The van der Waals surface area contributed by atoms with Crippen molar-refractivity contribution < 1.29 is 17.9 Å². The van der Waals surface area contributed by atoms with Crippen LogP contribution in [0.5, 0.6) is 5.75 Å². The van der Waals surface area contributed by atoms with E-state index in [1.165, 1.54) is 111 Å². The normalized spacial score (nSPS) is 13.4. The molecule has 0 amide bonds. The largest absolute Gasteiger partial charge is 0.495 e. The quantitative estimate of drug-likeness (QED) is 0.0871. The van der Waals surface area contributed by atoms with Crippen LogP contribution in [0.2, 0.25) is 0 Å². The molecule has 13 heterocycles. The highest BCUT2D eigenvalue weighted by atomic mass is 19.2. The molecule has 144 heavy (non-hydrogen) atoms. The molecule has 2 unspecified atom stereocenters. The van der Waals surface area contributed by atoms with Crippen LogP contribution >= 0.6 is 0 Å². The van der Waals surface area contributed by atoms with Crippen molar-refractivity contribution in [2.45, 2.75) is 54.0 Å². The fourth-order valence-electron chi connectivity index (χ4n) is 19.8. The summed E-state index contributed by atoms with van der Waals surface area (Å²) in [6.45, 7) is 12.6. The molecule has 0 saturated carbocycles. The summed E-state index contributed by atoms with van der Waals surface area (Å²) in [6.07, 6.45) is 27.5. The number of nitrogens with zero attached hydrogens (tertiary/aromatic N) is 7. The minimum atomic E-state index is -0.817. The van der Waals surface area contributed by atoms with Gasteiger partial charge in [0.1, 0.15) is 11.6 Å². The Morgan fingerprint density at radius 1 is 0.319 bits per heavy atom. The molecule has 13 aromatic carbocycles. The van der Waals surface area contributed by atoms with E-state index in [4.69, 9.17) is 24.7 Å². The van der Waals surface area contributed by atoms with Crippen LogP contribution in [0.3, 0.4) is 0 Å². The maximum atomic E-state index is 14.2. The van der Waals surface area contributed by atoms with E-state index in [9.17, 15) is 13.2 Å². The fraction of sp³-hybridized carbons (Fsp3) is 0.0787. The van der Waals surface area contributed by atoms with Crippen molar-refractivity contribution in [3.05, 3.63) is 481 Å². The number of H-pyrrole nitrogens is 6. The number of fused-ring (bicyclic) bond motifs is 14. The second-order valence-corrected chi connectivity index (χ2v) is 36.6. The molecule has 6 N–H and O–H groups in total. The van der Waals surface area contributed by atoms with Crippen LogP contribution in [-0.4, -0.2) is 78.7 Å². The molecule has 17 heteroatoms. The first-order valence-electron chi connectivity index (χ1n) is 48.2. The van der Waals surface area contributed by atoms with Gasteiger partial charge in [-0.15, -0.1) is 0 Å². The topological polar surface area (TPSA) is 194 Å². The number of hydrogen-bond donors (Lipinski definition) is 6. The highest BCUT2D eigenvalue weighted by Crippen LogP contribution is 2.41. The van der Waals surface area contributed by atoms with Gasteiger partial charge in [0.15, 0.2) is 11.6 Å². The minimum absolute atomic E-state index is 0.221. The third-order valence-electron chi connectivity index (χ3n) is 27.3. The van der Waals surface area contributed by atoms with Crippen molar-refractivity contribution in [1.82, 2.24) is 59.8 Å². The number of aromatic nitrogens is 12. The van der Waals surface area contributed by atoms with Gasteiger partial charge < -0.3 is 34.6 Å². The van der Waals surface area contributed by atoms with Gasteiger partial charge in [-0.05, 0) is 203 Å². The van der Waals surface area contributed by atoms with E-state index < -0.39 is 11.6 Å². The number of benzene rings is 13. The lowest BCUT2D eigenvalue weighted by Crippen LogP contribution is -2.24. The third-order valence-corrected chi connectivity index (χ3v) is 27.3. The Morgan fingerprint density at radius 2 is 0.785 bits per heavy atom. The van der Waals surface area contributed by atoms with Crippen molar-refractivity contribution in [3.63, 3.8) is 0 Å². The van der Waals surface area contributed by atoms with E-state index in [1.807, 2.05) is 184 Å². The van der Waals surface area contributed by atoms with Gasteiger partial charge in [0.05, 0.1) is 91.5 Å². The van der Waals surface area contributed by atoms with E-state index in [-0.39, 0.29) is 11.9 Å². The molecule has 14 nitrogen and oxygen atoms in total. The third kappa shape index (κ3) is 18.2. The number of hydrogen-bond acceptors (Lipinski definition) is 8. The van der Waals surface area contributed by atoms with Crippen LogP contribution < -0.4 is 4.74 Å². The van der Waals surface area contributed by atoms with E-state index in [2.05, 4.69) is 285 Å². The number of nitrogens with one attached hydrogen (secondary N) is 6. The van der Waals surface area contributed by atoms with Gasteiger partial charge in [0, 0.05) is 181 Å². The van der Waals surface area contributed by atoms with Crippen molar-refractivity contribution in [2.24, 2.45) is 10.9 Å². The molecule has 1 aliphatic heterocycles. The average Bonchev–Trinajstić information content (AvgIpc) is 1.62. The van der Waals surface area contributed by atoms with E-state index in [0.29, 0.717) is 17.7 Å². The predicted octanol–water partition coefficient (Wildman–Crippen LogP) is 32.1. The van der Waals surface area contributed by atoms with Gasteiger partial charge in [-0.2, -0.15) is 0 Å². The SMILES string of the molecule is CC1=CC(c2c[nH]c3ccccc23)=NC2C=CC=CC12.COc1cccc2c(-c3cc(C)c4ccccc4n3)c[nH]c12.Cc1ccc(F)c2c(-c3ccc4ccccc4n3)c[nH]c12.Cc1ccc2nc(C3=CCc4cc(F)c(F)cc43)ccc2c1.Cc1cccc2c(-c3ccc4ccccc4n3)c[nH]c12.Cc1cccc2c(-c3cnc4ccccc4c3)c[nH]c12.c1ccc2nc(-c3c[nH]c4ccccc34)ccc2c1. The summed E-state index contributed by atoms with van der Waals surface area (Å²) in [6, 6.07) is 109. The Morgan fingerprint density at radius 3 is 1.45 bits per heavy atom. The lowest BCUT2D eigenvalue weighted by Gasteiger charge is -2.26. The summed E-state index contributed by atoms with van der Waals surface area (Å²) in [5, 5.41) is 13.5. The summed E-state index contributed by atoms with van der Waals surface area (Å²) in [4.78, 5) is 53.0. The number of ether oxygens (including phenoxy) is 1. The number of para-hydroxylation sites is 10. The summed E-state index contributed by atoms with van der Waals surface area (Å²) < 4.78 is 46.5. The number of pyridine rings is 6. The van der Waals surface area contributed by atoms with Gasteiger partial charge >= 0.3 is 0 Å². The molecule has 0 radical (unpaired) electrons. The predicted molar refractivity (Wildman–Crippen MR) is 588 cm³/mol. The Labute approximate surface area is 829 Å². The van der Waals surface area contributed by atoms with E-state index in [0.717, 1.165) is 161 Å². The van der Waals surface area contributed by atoms with Crippen molar-refractivity contribution in [2.75, 3.05) is 7.11 Å². The second-order valence-electron chi connectivity index (χ2n) is 36.6. The van der Waals surface area contributed by atoms with Gasteiger partial charge in [-0.25, -0.2) is 38.1 Å². The Balaban J connectivity index is 0.0000000959. The van der Waals surface area contributed by atoms with Gasteiger partial charge in [0.2, 0.25) is 0 Å². The maximum absolute atomic E-state index is 14.2. The standard InChI is InChI=1S/C19H13F2N.C19H16N2O.C18H13FN2.C18H16N2.2C18H14N2.C17H12N2/c1-11-2-6-18-13(8-11)4-7-19(22-18)14-5-3-12-9-16(20)17(21)10-15(12)14;1-12-10-17(21-16-8-4-3-6-13(12)16)15-11-20-19-14(15)7-5-9-18(19)22-2;1-11-6-8-14(19)17-13(10-20-18(11)17)16-9-7-12-4-2-3-5-15(12)21-16;1-12-10-18(20-17-9-5-2-6-13(12)17)15-11-19-16-8-4-3-7-14(15)16;1-12-5-4-7-15-16(11-20-18(12)15)14-9-13-6-2-3-8-17(13)19-10-14;1-12-5-4-7-14-15(11-19-18(12)14)17-10-9-13-6-2-3-8-16(13)20-17;1-3-7-15-12(5-1)9-10-17(19-15)14-11-18-16-8-4-2-6-13(14)16/h2,4-10H,3H2,1H3;3-11,20H,1-2H3;2-10,20H,1H3;2-11,13,17,19H,1H3;2-11,20H,1H3;2-11,19H,1H3;1-11,18H. The number of methoxy groups -OCH3 is 1.